The largest absolute Gasteiger partial charge is 0.497 e. The van der Waals surface area contributed by atoms with Crippen LogP contribution in [0.3, 0.4) is 0 Å². The highest BCUT2D eigenvalue weighted by atomic mass is 35.5. The van der Waals surface area contributed by atoms with E-state index in [9.17, 15) is 0 Å². The third kappa shape index (κ3) is 3.87. The van der Waals surface area contributed by atoms with Gasteiger partial charge in [0.15, 0.2) is 0 Å². The summed E-state index contributed by atoms with van der Waals surface area (Å²) in [5.41, 5.74) is 1.17. The first-order chi connectivity index (χ1) is 8.79. The van der Waals surface area contributed by atoms with E-state index in [1.54, 1.807) is 7.11 Å². The number of benzene rings is 1. The number of rotatable bonds is 5. The van der Waals surface area contributed by atoms with E-state index in [1.165, 1.54) is 18.4 Å². The molecule has 4 heteroatoms. The average Bonchev–Trinajstić information content (AvgIpc) is 2.42. The molecule has 1 heterocycles. The second-order valence-electron chi connectivity index (χ2n) is 4.70. The van der Waals surface area contributed by atoms with Crippen LogP contribution in [0.5, 0.6) is 5.75 Å². The molecule has 1 fully saturated rings. The lowest BCUT2D eigenvalue weighted by Crippen LogP contribution is -2.43. The first-order valence-corrected chi connectivity index (χ1v) is 6.94. The summed E-state index contributed by atoms with van der Waals surface area (Å²) in [4.78, 5) is 0. The molecular weight excluding hydrogens is 248 g/mol. The van der Waals surface area contributed by atoms with Crippen molar-refractivity contribution in [2.45, 2.75) is 25.3 Å². The van der Waals surface area contributed by atoms with Gasteiger partial charge in [0.05, 0.1) is 7.11 Å². The van der Waals surface area contributed by atoms with Crippen molar-refractivity contribution < 1.29 is 4.74 Å². The van der Waals surface area contributed by atoms with Gasteiger partial charge in [0.1, 0.15) is 5.75 Å². The predicted molar refractivity (Wildman–Crippen MR) is 75.6 cm³/mol. The minimum Gasteiger partial charge on any atom is -0.497 e. The predicted octanol–water partition coefficient (Wildman–Crippen LogP) is 2.23. The molecule has 1 aromatic carbocycles. The Hall–Kier alpha value is -0.770. The highest BCUT2D eigenvalue weighted by Crippen LogP contribution is 2.22. The summed E-state index contributed by atoms with van der Waals surface area (Å²) >= 11 is 6.21. The molecule has 0 amide bonds. The average molecular weight is 269 g/mol. The van der Waals surface area contributed by atoms with Crippen LogP contribution in [0.15, 0.2) is 18.2 Å². The molecule has 1 aliphatic rings. The van der Waals surface area contributed by atoms with Gasteiger partial charge in [0, 0.05) is 17.6 Å². The molecule has 0 radical (unpaired) electrons. The van der Waals surface area contributed by atoms with Crippen molar-refractivity contribution in [2.75, 3.05) is 26.7 Å². The highest BCUT2D eigenvalue weighted by molar-refractivity contribution is 6.31. The van der Waals surface area contributed by atoms with Gasteiger partial charge in [0.2, 0.25) is 0 Å². The Morgan fingerprint density at radius 2 is 2.39 bits per heavy atom. The van der Waals surface area contributed by atoms with Crippen LogP contribution in [0.2, 0.25) is 5.02 Å². The second kappa shape index (κ2) is 6.98. The summed E-state index contributed by atoms with van der Waals surface area (Å²) < 4.78 is 5.14. The van der Waals surface area contributed by atoms with Crippen LogP contribution in [-0.2, 0) is 6.42 Å². The maximum Gasteiger partial charge on any atom is 0.120 e. The van der Waals surface area contributed by atoms with E-state index in [0.29, 0.717) is 6.04 Å². The van der Waals surface area contributed by atoms with Gasteiger partial charge in [-0.2, -0.15) is 0 Å². The molecule has 1 atom stereocenters. The van der Waals surface area contributed by atoms with E-state index in [1.807, 2.05) is 18.2 Å². The summed E-state index contributed by atoms with van der Waals surface area (Å²) in [6.07, 6.45) is 3.49. The van der Waals surface area contributed by atoms with E-state index in [2.05, 4.69) is 10.6 Å². The van der Waals surface area contributed by atoms with Gasteiger partial charge >= 0.3 is 0 Å². The molecular formula is C14H21ClN2O. The molecule has 1 aromatic rings. The van der Waals surface area contributed by atoms with Gasteiger partial charge in [-0.05, 0) is 50.0 Å². The monoisotopic (exact) mass is 268 g/mol. The molecule has 1 aliphatic heterocycles. The van der Waals surface area contributed by atoms with E-state index in [-0.39, 0.29) is 0 Å². The smallest absolute Gasteiger partial charge is 0.120 e. The minimum absolute atomic E-state index is 0.607. The summed E-state index contributed by atoms with van der Waals surface area (Å²) in [5, 5.41) is 7.77. The number of ether oxygens (including phenoxy) is 1. The molecule has 2 rings (SSSR count). The van der Waals surface area contributed by atoms with Crippen molar-refractivity contribution in [3.05, 3.63) is 28.8 Å². The van der Waals surface area contributed by atoms with Gasteiger partial charge in [-0.1, -0.05) is 17.7 Å². The van der Waals surface area contributed by atoms with Crippen molar-refractivity contribution >= 4 is 11.6 Å². The Balaban J connectivity index is 1.79. The molecule has 0 bridgehead atoms. The first kappa shape index (κ1) is 13.7. The molecule has 0 aliphatic carbocycles. The van der Waals surface area contributed by atoms with Crippen molar-refractivity contribution in [1.29, 1.82) is 0 Å². The lowest BCUT2D eigenvalue weighted by Gasteiger charge is -2.24. The zero-order valence-corrected chi connectivity index (χ0v) is 11.6. The van der Waals surface area contributed by atoms with E-state index in [0.717, 1.165) is 36.8 Å². The minimum atomic E-state index is 0.607. The normalized spacial score (nSPS) is 19.8. The molecule has 1 unspecified atom stereocenters. The first-order valence-electron chi connectivity index (χ1n) is 6.56. The van der Waals surface area contributed by atoms with E-state index < -0.39 is 0 Å². The molecule has 0 aromatic heterocycles. The number of nitrogens with one attached hydrogen (secondary N) is 2. The van der Waals surface area contributed by atoms with Crippen molar-refractivity contribution in [3.63, 3.8) is 0 Å². The van der Waals surface area contributed by atoms with Gasteiger partial charge < -0.3 is 15.4 Å². The third-order valence-electron chi connectivity index (χ3n) is 3.38. The fourth-order valence-corrected chi connectivity index (χ4v) is 2.56. The zero-order valence-electron chi connectivity index (χ0n) is 10.8. The van der Waals surface area contributed by atoms with Gasteiger partial charge in [-0.25, -0.2) is 0 Å². The summed E-state index contributed by atoms with van der Waals surface area (Å²) in [7, 11) is 1.66. The summed E-state index contributed by atoms with van der Waals surface area (Å²) in [6, 6.07) is 6.49. The van der Waals surface area contributed by atoms with Crippen LogP contribution >= 0.6 is 11.6 Å². The van der Waals surface area contributed by atoms with Gasteiger partial charge in [-0.3, -0.25) is 0 Å². The Morgan fingerprint density at radius 1 is 1.50 bits per heavy atom. The second-order valence-corrected chi connectivity index (χ2v) is 5.11. The van der Waals surface area contributed by atoms with E-state index >= 15 is 0 Å². The maximum atomic E-state index is 6.21. The quantitative estimate of drug-likeness (QED) is 0.859. The number of methoxy groups -OCH3 is 1. The zero-order chi connectivity index (χ0) is 12.8. The molecule has 100 valence electrons. The highest BCUT2D eigenvalue weighted by Gasteiger charge is 2.11. The number of piperidine rings is 1. The van der Waals surface area contributed by atoms with Crippen molar-refractivity contribution in [3.8, 4) is 5.75 Å². The topological polar surface area (TPSA) is 33.3 Å². The number of hydrogen-bond acceptors (Lipinski definition) is 3. The molecule has 18 heavy (non-hydrogen) atoms. The standard InChI is InChI=1S/C14H21ClN2O/c1-18-13-5-4-11(14(15)9-13)6-8-17-12-3-2-7-16-10-12/h4-5,9,12,16-17H,2-3,6-8,10H2,1H3. The molecule has 3 nitrogen and oxygen atoms in total. The van der Waals surface area contributed by atoms with Crippen LogP contribution in [0.25, 0.3) is 0 Å². The van der Waals surface area contributed by atoms with Gasteiger partial charge in [0.25, 0.3) is 0 Å². The Labute approximate surface area is 114 Å². The maximum absolute atomic E-state index is 6.21. The lowest BCUT2D eigenvalue weighted by atomic mass is 10.1. The van der Waals surface area contributed by atoms with E-state index in [4.69, 9.17) is 16.3 Å². The van der Waals surface area contributed by atoms with Crippen LogP contribution in [0, 0.1) is 0 Å². The summed E-state index contributed by atoms with van der Waals surface area (Å²) in [6.45, 7) is 3.21. The molecule has 0 spiro atoms. The fourth-order valence-electron chi connectivity index (χ4n) is 2.29. The number of hydrogen-bond donors (Lipinski definition) is 2. The number of halogens is 1. The molecule has 1 saturated heterocycles. The molecule has 2 N–H and O–H groups in total. The Morgan fingerprint density at radius 3 is 3.06 bits per heavy atom. The van der Waals surface area contributed by atoms with Crippen LogP contribution in [0.4, 0.5) is 0 Å². The molecule has 0 saturated carbocycles. The van der Waals surface area contributed by atoms with Gasteiger partial charge in [-0.15, -0.1) is 0 Å². The Kier molecular flexibility index (Phi) is 5.29. The fraction of sp³-hybridized carbons (Fsp3) is 0.571. The van der Waals surface area contributed by atoms with Crippen molar-refractivity contribution in [2.24, 2.45) is 0 Å². The Bertz CT molecular complexity index is 378. The SMILES string of the molecule is COc1ccc(CCNC2CCCNC2)c(Cl)c1. The summed E-state index contributed by atoms with van der Waals surface area (Å²) in [5.74, 6) is 0.813. The van der Waals surface area contributed by atoms with Crippen LogP contribution in [0.1, 0.15) is 18.4 Å². The van der Waals surface area contributed by atoms with Crippen LogP contribution in [-0.4, -0.2) is 32.8 Å². The van der Waals surface area contributed by atoms with Crippen molar-refractivity contribution in [1.82, 2.24) is 10.6 Å². The van der Waals surface area contributed by atoms with Crippen LogP contribution < -0.4 is 15.4 Å². The third-order valence-corrected chi connectivity index (χ3v) is 3.74. The lowest BCUT2D eigenvalue weighted by molar-refractivity contribution is 0.392.